The molecular weight excluding hydrogens is 290 g/mol. The van der Waals surface area contributed by atoms with Crippen LogP contribution in [0.5, 0.6) is 0 Å². The minimum atomic E-state index is 0.627. The van der Waals surface area contributed by atoms with Gasteiger partial charge in [0, 0.05) is 24.2 Å². The van der Waals surface area contributed by atoms with Crippen molar-refractivity contribution in [3.05, 3.63) is 47.5 Å². The summed E-state index contributed by atoms with van der Waals surface area (Å²) < 4.78 is 0. The van der Waals surface area contributed by atoms with Crippen LogP contribution in [0.15, 0.2) is 41.9 Å². The fraction of sp³-hybridized carbons (Fsp3) is 0.500. The molecule has 1 fully saturated rings. The predicted molar refractivity (Wildman–Crippen MR) is 94.4 cm³/mol. The van der Waals surface area contributed by atoms with Crippen molar-refractivity contribution in [2.75, 3.05) is 25.0 Å². The number of aromatic nitrogens is 1. The van der Waals surface area contributed by atoms with E-state index in [9.17, 15) is 0 Å². The predicted octanol–water partition coefficient (Wildman–Crippen LogP) is 4.56. The van der Waals surface area contributed by atoms with E-state index in [-0.39, 0.29) is 0 Å². The summed E-state index contributed by atoms with van der Waals surface area (Å²) in [4.78, 5) is 6.94. The molecule has 0 amide bonds. The molecule has 1 N–H and O–H groups in total. The zero-order valence-corrected chi connectivity index (χ0v) is 13.9. The second kappa shape index (κ2) is 8.30. The fourth-order valence-electron chi connectivity index (χ4n) is 3.26. The Bertz CT molecular complexity index is 527. The van der Waals surface area contributed by atoms with E-state index in [2.05, 4.69) is 45.5 Å². The van der Waals surface area contributed by atoms with Crippen molar-refractivity contribution in [3.8, 4) is 0 Å². The van der Waals surface area contributed by atoms with Gasteiger partial charge in [-0.2, -0.15) is 0 Å². The Kier molecular flexibility index (Phi) is 5.85. The number of likely N-dealkylation sites (tertiary alicyclic amines) is 1. The lowest BCUT2D eigenvalue weighted by molar-refractivity contribution is 0.146. The zero-order chi connectivity index (χ0) is 15.0. The normalized spacial score (nSPS) is 19.2. The van der Waals surface area contributed by atoms with Gasteiger partial charge in [0.05, 0.1) is 0 Å². The monoisotopic (exact) mass is 315 g/mol. The largest absolute Gasteiger partial charge is 0.362 e. The molecule has 1 saturated heterocycles. The number of piperidine rings is 1. The van der Waals surface area contributed by atoms with Gasteiger partial charge in [-0.15, -0.1) is 11.3 Å². The molecule has 118 valence electrons. The summed E-state index contributed by atoms with van der Waals surface area (Å²) in [7, 11) is 0. The van der Waals surface area contributed by atoms with E-state index in [4.69, 9.17) is 0 Å². The molecule has 1 unspecified atom stereocenters. The van der Waals surface area contributed by atoms with Crippen molar-refractivity contribution < 1.29 is 0 Å². The van der Waals surface area contributed by atoms with Gasteiger partial charge in [0.15, 0.2) is 5.13 Å². The summed E-state index contributed by atoms with van der Waals surface area (Å²) in [5.41, 5.74) is 1.49. The Morgan fingerprint density at radius 3 is 2.91 bits per heavy atom. The van der Waals surface area contributed by atoms with E-state index in [1.165, 1.54) is 50.8 Å². The van der Waals surface area contributed by atoms with Crippen LogP contribution in [0, 0.1) is 0 Å². The highest BCUT2D eigenvalue weighted by Gasteiger charge is 2.22. The maximum atomic E-state index is 4.25. The van der Waals surface area contributed by atoms with Gasteiger partial charge in [-0.1, -0.05) is 36.8 Å². The number of benzene rings is 1. The molecule has 3 rings (SSSR count). The zero-order valence-electron chi connectivity index (χ0n) is 13.1. The average Bonchev–Trinajstić information content (AvgIpc) is 3.09. The lowest BCUT2D eigenvalue weighted by atomic mass is 9.95. The number of hydrogen-bond donors (Lipinski definition) is 1. The van der Waals surface area contributed by atoms with Crippen molar-refractivity contribution in [3.63, 3.8) is 0 Å². The van der Waals surface area contributed by atoms with Crippen molar-refractivity contribution in [1.82, 2.24) is 9.88 Å². The lowest BCUT2D eigenvalue weighted by Crippen LogP contribution is -2.34. The number of unbranched alkanes of at least 4 members (excludes halogenated alkanes) is 1. The van der Waals surface area contributed by atoms with E-state index in [0.29, 0.717) is 6.04 Å². The molecule has 2 heterocycles. The van der Waals surface area contributed by atoms with Crippen molar-refractivity contribution in [2.24, 2.45) is 0 Å². The minimum absolute atomic E-state index is 0.627. The minimum Gasteiger partial charge on any atom is -0.362 e. The molecule has 1 aliphatic heterocycles. The fourth-order valence-corrected chi connectivity index (χ4v) is 3.81. The number of anilines is 1. The van der Waals surface area contributed by atoms with Crippen LogP contribution in [0.2, 0.25) is 0 Å². The van der Waals surface area contributed by atoms with E-state index < -0.39 is 0 Å². The van der Waals surface area contributed by atoms with Gasteiger partial charge < -0.3 is 5.32 Å². The van der Waals surface area contributed by atoms with Gasteiger partial charge in [0.2, 0.25) is 0 Å². The standard InChI is InChI=1S/C18H25N3S/c1-2-8-16(9-3-1)17-10-4-6-13-21(17)14-7-5-11-19-18-20-12-15-22-18/h1-3,8-9,12,15,17H,4-7,10-11,13-14H2,(H,19,20). The highest BCUT2D eigenvalue weighted by atomic mass is 32.1. The van der Waals surface area contributed by atoms with E-state index in [1.54, 1.807) is 11.3 Å². The Morgan fingerprint density at radius 2 is 2.09 bits per heavy atom. The number of rotatable bonds is 7. The molecule has 1 aliphatic rings. The summed E-state index contributed by atoms with van der Waals surface area (Å²) in [5.74, 6) is 0. The third-order valence-electron chi connectivity index (χ3n) is 4.38. The first-order valence-corrected chi connectivity index (χ1v) is 9.24. The Labute approximate surface area is 137 Å². The SMILES string of the molecule is c1ccc(C2CCCCN2CCCCNc2nccs2)cc1. The molecular formula is C18H25N3S. The van der Waals surface area contributed by atoms with E-state index in [1.807, 2.05) is 11.6 Å². The van der Waals surface area contributed by atoms with Crippen LogP contribution < -0.4 is 5.32 Å². The van der Waals surface area contributed by atoms with E-state index in [0.717, 1.165) is 11.7 Å². The lowest BCUT2D eigenvalue weighted by Gasteiger charge is -2.36. The van der Waals surface area contributed by atoms with Gasteiger partial charge in [-0.25, -0.2) is 4.98 Å². The number of nitrogens with zero attached hydrogens (tertiary/aromatic N) is 2. The van der Waals surface area contributed by atoms with Gasteiger partial charge >= 0.3 is 0 Å². The molecule has 22 heavy (non-hydrogen) atoms. The van der Waals surface area contributed by atoms with Gasteiger partial charge in [0.1, 0.15) is 0 Å². The molecule has 1 aromatic heterocycles. The smallest absolute Gasteiger partial charge is 0.182 e. The molecule has 0 spiro atoms. The van der Waals surface area contributed by atoms with Crippen molar-refractivity contribution in [2.45, 2.75) is 38.1 Å². The van der Waals surface area contributed by atoms with Gasteiger partial charge in [-0.3, -0.25) is 4.90 Å². The molecule has 0 radical (unpaired) electrons. The van der Waals surface area contributed by atoms with Crippen LogP contribution in [-0.2, 0) is 0 Å². The topological polar surface area (TPSA) is 28.2 Å². The number of nitrogens with one attached hydrogen (secondary N) is 1. The summed E-state index contributed by atoms with van der Waals surface area (Å²) >= 11 is 1.67. The maximum absolute atomic E-state index is 4.25. The summed E-state index contributed by atoms with van der Waals surface area (Å²) in [6, 6.07) is 11.6. The number of hydrogen-bond acceptors (Lipinski definition) is 4. The molecule has 2 aromatic rings. The Balaban J connectivity index is 1.43. The highest BCUT2D eigenvalue weighted by molar-refractivity contribution is 7.13. The molecule has 4 heteroatoms. The van der Waals surface area contributed by atoms with Crippen LogP contribution in [0.1, 0.15) is 43.7 Å². The second-order valence-corrected chi connectivity index (χ2v) is 6.82. The van der Waals surface area contributed by atoms with Crippen molar-refractivity contribution >= 4 is 16.5 Å². The molecule has 1 aromatic carbocycles. The highest BCUT2D eigenvalue weighted by Crippen LogP contribution is 2.30. The van der Waals surface area contributed by atoms with Crippen LogP contribution in [0.4, 0.5) is 5.13 Å². The quantitative estimate of drug-likeness (QED) is 0.759. The first-order valence-electron chi connectivity index (χ1n) is 8.36. The summed E-state index contributed by atoms with van der Waals surface area (Å²) in [5, 5.41) is 6.45. The van der Waals surface area contributed by atoms with Crippen LogP contribution in [0.25, 0.3) is 0 Å². The van der Waals surface area contributed by atoms with Gasteiger partial charge in [0.25, 0.3) is 0 Å². The van der Waals surface area contributed by atoms with Gasteiger partial charge in [-0.05, 0) is 44.3 Å². The van der Waals surface area contributed by atoms with Crippen molar-refractivity contribution in [1.29, 1.82) is 0 Å². The molecule has 0 saturated carbocycles. The van der Waals surface area contributed by atoms with Crippen LogP contribution in [-0.4, -0.2) is 29.5 Å². The first-order chi connectivity index (χ1) is 10.9. The summed E-state index contributed by atoms with van der Waals surface area (Å²) in [6.07, 6.45) is 8.33. The Hall–Kier alpha value is -1.39. The van der Waals surface area contributed by atoms with Crippen LogP contribution in [0.3, 0.4) is 0 Å². The number of thiazole rings is 1. The average molecular weight is 315 g/mol. The molecule has 0 aliphatic carbocycles. The molecule has 3 nitrogen and oxygen atoms in total. The van der Waals surface area contributed by atoms with Crippen LogP contribution >= 0.6 is 11.3 Å². The first kappa shape index (κ1) is 15.5. The maximum Gasteiger partial charge on any atom is 0.182 e. The summed E-state index contributed by atoms with van der Waals surface area (Å²) in [6.45, 7) is 3.48. The Morgan fingerprint density at radius 1 is 1.18 bits per heavy atom. The third kappa shape index (κ3) is 4.31. The molecule has 0 bridgehead atoms. The second-order valence-electron chi connectivity index (χ2n) is 5.93. The molecule has 1 atom stereocenters. The third-order valence-corrected chi connectivity index (χ3v) is 5.11. The van der Waals surface area contributed by atoms with E-state index >= 15 is 0 Å².